The number of aryl methyl sites for hydroxylation is 1. The SMILES string of the molecule is Cc1cnn(C(c2cccc(Cl)c2)C(C)N)c1. The van der Waals surface area contributed by atoms with E-state index in [1.165, 1.54) is 0 Å². The highest BCUT2D eigenvalue weighted by molar-refractivity contribution is 6.30. The molecule has 0 aliphatic rings. The maximum Gasteiger partial charge on any atom is 0.0917 e. The van der Waals surface area contributed by atoms with Crippen molar-refractivity contribution in [3.63, 3.8) is 0 Å². The maximum absolute atomic E-state index is 6.06. The molecule has 0 saturated heterocycles. The van der Waals surface area contributed by atoms with Crippen molar-refractivity contribution in [2.24, 2.45) is 5.73 Å². The number of hydrogen-bond donors (Lipinski definition) is 1. The van der Waals surface area contributed by atoms with Gasteiger partial charge in [-0.2, -0.15) is 5.10 Å². The third kappa shape index (κ3) is 2.68. The summed E-state index contributed by atoms with van der Waals surface area (Å²) in [7, 11) is 0. The van der Waals surface area contributed by atoms with Gasteiger partial charge in [0.05, 0.1) is 12.2 Å². The summed E-state index contributed by atoms with van der Waals surface area (Å²) >= 11 is 6.02. The Labute approximate surface area is 106 Å². The molecule has 0 amide bonds. The highest BCUT2D eigenvalue weighted by Gasteiger charge is 2.19. The number of halogens is 1. The third-order valence-electron chi connectivity index (χ3n) is 2.70. The van der Waals surface area contributed by atoms with Gasteiger partial charge >= 0.3 is 0 Å². The van der Waals surface area contributed by atoms with Gasteiger partial charge < -0.3 is 5.73 Å². The van der Waals surface area contributed by atoms with Crippen LogP contribution in [0.25, 0.3) is 0 Å². The lowest BCUT2D eigenvalue weighted by Gasteiger charge is -2.22. The Morgan fingerprint density at radius 1 is 1.41 bits per heavy atom. The molecule has 2 unspecified atom stereocenters. The minimum Gasteiger partial charge on any atom is -0.326 e. The summed E-state index contributed by atoms with van der Waals surface area (Å²) in [6.45, 7) is 3.99. The molecule has 0 fully saturated rings. The van der Waals surface area contributed by atoms with Crippen molar-refractivity contribution in [3.8, 4) is 0 Å². The van der Waals surface area contributed by atoms with E-state index in [2.05, 4.69) is 5.10 Å². The van der Waals surface area contributed by atoms with Gasteiger partial charge in [0, 0.05) is 17.3 Å². The van der Waals surface area contributed by atoms with Crippen LogP contribution in [0.4, 0.5) is 0 Å². The van der Waals surface area contributed by atoms with Crippen LogP contribution in [-0.2, 0) is 0 Å². The van der Waals surface area contributed by atoms with Crippen molar-refractivity contribution in [2.75, 3.05) is 0 Å². The van der Waals surface area contributed by atoms with E-state index in [1.807, 2.05) is 55.2 Å². The molecule has 0 bridgehead atoms. The first-order valence-electron chi connectivity index (χ1n) is 5.59. The number of nitrogens with zero attached hydrogens (tertiary/aromatic N) is 2. The van der Waals surface area contributed by atoms with Crippen molar-refractivity contribution >= 4 is 11.6 Å². The first kappa shape index (κ1) is 12.1. The van der Waals surface area contributed by atoms with Crippen molar-refractivity contribution in [1.29, 1.82) is 0 Å². The molecule has 4 heteroatoms. The molecule has 0 spiro atoms. The molecule has 0 aliphatic carbocycles. The molecular weight excluding hydrogens is 234 g/mol. The standard InChI is InChI=1S/C13H16ClN3/c1-9-7-16-17(8-9)13(10(2)15)11-4-3-5-12(14)6-11/h3-8,10,13H,15H2,1-2H3. The van der Waals surface area contributed by atoms with Gasteiger partial charge in [-0.05, 0) is 37.1 Å². The van der Waals surface area contributed by atoms with Crippen LogP contribution in [0.15, 0.2) is 36.7 Å². The minimum absolute atomic E-state index is 0.0161. The van der Waals surface area contributed by atoms with Gasteiger partial charge in [0.15, 0.2) is 0 Å². The van der Waals surface area contributed by atoms with Crippen molar-refractivity contribution in [1.82, 2.24) is 9.78 Å². The summed E-state index contributed by atoms with van der Waals surface area (Å²) in [5, 5.41) is 5.06. The van der Waals surface area contributed by atoms with Crippen LogP contribution in [0.5, 0.6) is 0 Å². The van der Waals surface area contributed by atoms with E-state index in [-0.39, 0.29) is 12.1 Å². The molecule has 17 heavy (non-hydrogen) atoms. The lowest BCUT2D eigenvalue weighted by Crippen LogP contribution is -2.30. The minimum atomic E-state index is -0.0345. The van der Waals surface area contributed by atoms with Crippen molar-refractivity contribution < 1.29 is 0 Å². The summed E-state index contributed by atoms with van der Waals surface area (Å²) in [6, 6.07) is 7.74. The van der Waals surface area contributed by atoms with Crippen LogP contribution in [0.2, 0.25) is 5.02 Å². The average molecular weight is 250 g/mol. The van der Waals surface area contributed by atoms with Crippen LogP contribution >= 0.6 is 11.6 Å². The molecule has 3 nitrogen and oxygen atoms in total. The van der Waals surface area contributed by atoms with E-state index in [9.17, 15) is 0 Å². The van der Waals surface area contributed by atoms with Gasteiger partial charge in [-0.25, -0.2) is 0 Å². The Morgan fingerprint density at radius 3 is 2.71 bits per heavy atom. The number of aromatic nitrogens is 2. The zero-order chi connectivity index (χ0) is 12.4. The Bertz CT molecular complexity index is 505. The van der Waals surface area contributed by atoms with Gasteiger partial charge in [0.2, 0.25) is 0 Å². The fourth-order valence-electron chi connectivity index (χ4n) is 1.97. The Balaban J connectivity index is 2.42. The second kappa shape index (κ2) is 4.90. The topological polar surface area (TPSA) is 43.8 Å². The molecule has 0 aliphatic heterocycles. The summed E-state index contributed by atoms with van der Waals surface area (Å²) in [4.78, 5) is 0. The fourth-order valence-corrected chi connectivity index (χ4v) is 2.17. The molecule has 0 radical (unpaired) electrons. The molecule has 90 valence electrons. The molecule has 0 saturated carbocycles. The number of rotatable bonds is 3. The van der Waals surface area contributed by atoms with Crippen molar-refractivity contribution in [2.45, 2.75) is 25.9 Å². The lowest BCUT2D eigenvalue weighted by atomic mass is 10.0. The largest absolute Gasteiger partial charge is 0.326 e. The Hall–Kier alpha value is -1.32. The summed E-state index contributed by atoms with van der Waals surface area (Å²) < 4.78 is 1.89. The molecule has 2 aromatic rings. The van der Waals surface area contributed by atoms with Crippen LogP contribution in [0.3, 0.4) is 0 Å². The summed E-state index contributed by atoms with van der Waals surface area (Å²) in [5.74, 6) is 0. The maximum atomic E-state index is 6.06. The second-order valence-corrected chi connectivity index (χ2v) is 4.79. The predicted molar refractivity (Wildman–Crippen MR) is 70.2 cm³/mol. The van der Waals surface area contributed by atoms with E-state index in [0.717, 1.165) is 16.1 Å². The summed E-state index contributed by atoms with van der Waals surface area (Å²) in [5.41, 5.74) is 8.26. The van der Waals surface area contributed by atoms with Crippen molar-refractivity contribution in [3.05, 3.63) is 52.8 Å². The van der Waals surface area contributed by atoms with Crippen LogP contribution < -0.4 is 5.73 Å². The molecule has 2 atom stereocenters. The molecule has 1 aromatic carbocycles. The predicted octanol–water partition coefficient (Wildman–Crippen LogP) is 2.78. The lowest BCUT2D eigenvalue weighted by molar-refractivity contribution is 0.454. The van der Waals surface area contributed by atoms with E-state index >= 15 is 0 Å². The van der Waals surface area contributed by atoms with Crippen LogP contribution in [-0.4, -0.2) is 15.8 Å². The molecule has 1 aromatic heterocycles. The van der Waals surface area contributed by atoms with Gasteiger partial charge in [0.1, 0.15) is 0 Å². The van der Waals surface area contributed by atoms with Gasteiger partial charge in [-0.15, -0.1) is 0 Å². The summed E-state index contributed by atoms with van der Waals surface area (Å²) in [6.07, 6.45) is 3.83. The van der Waals surface area contributed by atoms with E-state index < -0.39 is 0 Å². The van der Waals surface area contributed by atoms with E-state index in [0.29, 0.717) is 0 Å². The highest BCUT2D eigenvalue weighted by atomic mass is 35.5. The third-order valence-corrected chi connectivity index (χ3v) is 2.94. The van der Waals surface area contributed by atoms with Crippen LogP contribution in [0.1, 0.15) is 24.1 Å². The zero-order valence-electron chi connectivity index (χ0n) is 9.97. The zero-order valence-corrected chi connectivity index (χ0v) is 10.7. The highest BCUT2D eigenvalue weighted by Crippen LogP contribution is 2.23. The first-order valence-corrected chi connectivity index (χ1v) is 5.97. The first-order chi connectivity index (χ1) is 8.08. The number of nitrogens with two attached hydrogens (primary N) is 1. The number of benzene rings is 1. The quantitative estimate of drug-likeness (QED) is 0.909. The van der Waals surface area contributed by atoms with E-state index in [4.69, 9.17) is 17.3 Å². The van der Waals surface area contributed by atoms with Gasteiger partial charge in [0.25, 0.3) is 0 Å². The molecule has 1 heterocycles. The van der Waals surface area contributed by atoms with Crippen LogP contribution in [0, 0.1) is 6.92 Å². The molecule has 2 rings (SSSR count). The Morgan fingerprint density at radius 2 is 2.18 bits per heavy atom. The smallest absolute Gasteiger partial charge is 0.0917 e. The fraction of sp³-hybridized carbons (Fsp3) is 0.308. The molecule has 2 N–H and O–H groups in total. The monoisotopic (exact) mass is 249 g/mol. The van der Waals surface area contributed by atoms with E-state index in [1.54, 1.807) is 0 Å². The molecular formula is C13H16ClN3. The normalized spacial score (nSPS) is 14.6. The Kier molecular flexibility index (Phi) is 3.50. The van der Waals surface area contributed by atoms with Gasteiger partial charge in [-0.3, -0.25) is 4.68 Å². The second-order valence-electron chi connectivity index (χ2n) is 4.36. The average Bonchev–Trinajstić information content (AvgIpc) is 2.64. The number of hydrogen-bond acceptors (Lipinski definition) is 2. The van der Waals surface area contributed by atoms with Gasteiger partial charge in [-0.1, -0.05) is 23.7 Å².